The maximum atomic E-state index is 13.4. The monoisotopic (exact) mass is 422 g/mol. The number of halogens is 1. The molecule has 0 aliphatic carbocycles. The molecule has 4 rings (SSSR count). The van der Waals surface area contributed by atoms with E-state index >= 15 is 0 Å². The normalized spacial score (nSPS) is 11.1. The Balaban J connectivity index is 1.68. The summed E-state index contributed by atoms with van der Waals surface area (Å²) in [5.41, 5.74) is 3.56. The molecule has 2 aromatic carbocycles. The van der Waals surface area contributed by atoms with Crippen molar-refractivity contribution in [2.75, 3.05) is 4.90 Å². The summed E-state index contributed by atoms with van der Waals surface area (Å²) in [6.07, 6.45) is 1.39. The van der Waals surface area contributed by atoms with Crippen LogP contribution < -0.4 is 10.5 Å². The Bertz CT molecular complexity index is 1330. The lowest BCUT2D eigenvalue weighted by Crippen LogP contribution is -2.24. The topological polar surface area (TPSA) is 68.1 Å². The molecule has 1 amide bonds. The summed E-state index contributed by atoms with van der Waals surface area (Å²) in [6.45, 7) is 5.67. The summed E-state index contributed by atoms with van der Waals surface area (Å²) in [4.78, 5) is 35.5. The highest BCUT2D eigenvalue weighted by Gasteiger charge is 2.20. The van der Waals surface area contributed by atoms with E-state index in [0.717, 1.165) is 16.8 Å². The molecule has 8 heteroatoms. The van der Waals surface area contributed by atoms with Gasteiger partial charge in [-0.3, -0.25) is 19.1 Å². The molecule has 0 spiro atoms. The van der Waals surface area contributed by atoms with Gasteiger partial charge in [-0.2, -0.15) is 0 Å². The van der Waals surface area contributed by atoms with E-state index in [1.807, 2.05) is 37.4 Å². The number of carbonyl (C=O) groups is 1. The molecule has 152 valence electrons. The third-order valence-corrected chi connectivity index (χ3v) is 5.86. The molecule has 4 aromatic rings. The first kappa shape index (κ1) is 19.9. The fourth-order valence-corrected chi connectivity index (χ4v) is 4.15. The first-order chi connectivity index (χ1) is 14.3. The van der Waals surface area contributed by atoms with Crippen LogP contribution in [0, 0.1) is 19.7 Å². The molecule has 0 fully saturated rings. The SMILES string of the molecule is CC(=O)N(c1nc(Cn2cnc3cc(F)ccc3c2=O)cs1)c1cccc(C)c1C. The number of rotatable bonds is 4. The molecule has 0 bridgehead atoms. The summed E-state index contributed by atoms with van der Waals surface area (Å²) in [5.74, 6) is -0.580. The number of carbonyl (C=O) groups excluding carboxylic acids is 1. The van der Waals surface area contributed by atoms with Crippen molar-refractivity contribution in [2.24, 2.45) is 0 Å². The number of aromatic nitrogens is 3. The summed E-state index contributed by atoms with van der Waals surface area (Å²) in [7, 11) is 0. The number of aryl methyl sites for hydroxylation is 1. The quantitative estimate of drug-likeness (QED) is 0.491. The molecular weight excluding hydrogens is 403 g/mol. The van der Waals surface area contributed by atoms with Crippen molar-refractivity contribution in [1.29, 1.82) is 0 Å². The molecule has 0 N–H and O–H groups in total. The Hall–Kier alpha value is -3.39. The number of hydrogen-bond acceptors (Lipinski definition) is 5. The van der Waals surface area contributed by atoms with Gasteiger partial charge in [-0.05, 0) is 43.2 Å². The molecular formula is C22H19FN4O2S. The van der Waals surface area contributed by atoms with Crippen molar-refractivity contribution in [1.82, 2.24) is 14.5 Å². The largest absolute Gasteiger partial charge is 0.293 e. The minimum Gasteiger partial charge on any atom is -0.293 e. The molecule has 0 aliphatic rings. The zero-order chi connectivity index (χ0) is 21.4. The average molecular weight is 422 g/mol. The molecule has 0 radical (unpaired) electrons. The van der Waals surface area contributed by atoms with Crippen LogP contribution in [0.15, 0.2) is 52.9 Å². The Morgan fingerprint density at radius 1 is 1.23 bits per heavy atom. The van der Waals surface area contributed by atoms with Crippen LogP contribution in [0.4, 0.5) is 15.2 Å². The highest BCUT2D eigenvalue weighted by atomic mass is 32.1. The van der Waals surface area contributed by atoms with Crippen LogP contribution >= 0.6 is 11.3 Å². The van der Waals surface area contributed by atoms with Gasteiger partial charge >= 0.3 is 0 Å². The maximum absolute atomic E-state index is 13.4. The molecule has 0 saturated carbocycles. The smallest absolute Gasteiger partial charge is 0.261 e. The van der Waals surface area contributed by atoms with Gasteiger partial charge in [0.15, 0.2) is 5.13 Å². The minimum atomic E-state index is -0.438. The minimum absolute atomic E-state index is 0.142. The molecule has 0 aliphatic heterocycles. The lowest BCUT2D eigenvalue weighted by Gasteiger charge is -2.21. The summed E-state index contributed by atoms with van der Waals surface area (Å²) >= 11 is 1.33. The van der Waals surface area contributed by atoms with Crippen LogP contribution in [0.5, 0.6) is 0 Å². The lowest BCUT2D eigenvalue weighted by molar-refractivity contribution is -0.115. The predicted octanol–water partition coefficient (Wildman–Crippen LogP) is 4.34. The van der Waals surface area contributed by atoms with E-state index in [1.165, 1.54) is 47.4 Å². The van der Waals surface area contributed by atoms with Crippen molar-refractivity contribution in [3.63, 3.8) is 0 Å². The van der Waals surface area contributed by atoms with E-state index in [2.05, 4.69) is 9.97 Å². The number of hydrogen-bond donors (Lipinski definition) is 0. The molecule has 6 nitrogen and oxygen atoms in total. The second-order valence-electron chi connectivity index (χ2n) is 7.03. The zero-order valence-corrected chi connectivity index (χ0v) is 17.5. The third kappa shape index (κ3) is 3.61. The number of anilines is 2. The Morgan fingerprint density at radius 2 is 2.03 bits per heavy atom. The Kier molecular flexibility index (Phi) is 5.17. The highest BCUT2D eigenvalue weighted by molar-refractivity contribution is 7.14. The first-order valence-corrected chi connectivity index (χ1v) is 10.2. The second kappa shape index (κ2) is 7.79. The molecule has 2 heterocycles. The van der Waals surface area contributed by atoms with Gasteiger partial charge in [0.2, 0.25) is 5.91 Å². The fraction of sp³-hybridized carbons (Fsp3) is 0.182. The van der Waals surface area contributed by atoms with Crippen molar-refractivity contribution >= 4 is 39.0 Å². The van der Waals surface area contributed by atoms with Gasteiger partial charge in [-0.15, -0.1) is 11.3 Å². The maximum Gasteiger partial charge on any atom is 0.261 e. The van der Waals surface area contributed by atoms with Crippen molar-refractivity contribution in [3.05, 3.63) is 81.1 Å². The standard InChI is InChI=1S/C22H19FN4O2S/c1-13-5-4-6-20(14(13)2)27(15(3)28)22-25-17(11-30-22)10-26-12-24-19-9-16(23)7-8-18(19)21(26)29/h4-9,11-12H,10H2,1-3H3. The molecule has 0 saturated heterocycles. The first-order valence-electron chi connectivity index (χ1n) is 9.31. The van der Waals surface area contributed by atoms with E-state index in [0.29, 0.717) is 21.7 Å². The molecule has 2 aromatic heterocycles. The van der Waals surface area contributed by atoms with Crippen LogP contribution in [-0.2, 0) is 11.3 Å². The second-order valence-corrected chi connectivity index (χ2v) is 7.87. The number of nitrogens with zero attached hydrogens (tertiary/aromatic N) is 4. The Morgan fingerprint density at radius 3 is 2.80 bits per heavy atom. The number of thiazole rings is 1. The average Bonchev–Trinajstić information content (AvgIpc) is 3.15. The van der Waals surface area contributed by atoms with Gasteiger partial charge in [0, 0.05) is 18.4 Å². The van der Waals surface area contributed by atoms with Crippen LogP contribution in [0.3, 0.4) is 0 Å². The highest BCUT2D eigenvalue weighted by Crippen LogP contribution is 2.32. The van der Waals surface area contributed by atoms with Crippen LogP contribution in [0.25, 0.3) is 10.9 Å². The van der Waals surface area contributed by atoms with Gasteiger partial charge in [0.1, 0.15) is 5.82 Å². The number of amides is 1. The van der Waals surface area contributed by atoms with E-state index < -0.39 is 5.82 Å². The number of benzene rings is 2. The summed E-state index contributed by atoms with van der Waals surface area (Å²) < 4.78 is 14.8. The van der Waals surface area contributed by atoms with Gasteiger partial charge in [-0.1, -0.05) is 12.1 Å². The van der Waals surface area contributed by atoms with E-state index in [4.69, 9.17) is 0 Å². The molecule has 0 unspecified atom stereocenters. The lowest BCUT2D eigenvalue weighted by atomic mass is 10.1. The number of fused-ring (bicyclic) bond motifs is 1. The van der Waals surface area contributed by atoms with Gasteiger partial charge in [-0.25, -0.2) is 14.4 Å². The van der Waals surface area contributed by atoms with Crippen molar-refractivity contribution < 1.29 is 9.18 Å². The summed E-state index contributed by atoms with van der Waals surface area (Å²) in [6, 6.07) is 9.70. The van der Waals surface area contributed by atoms with E-state index in [1.54, 1.807) is 4.90 Å². The van der Waals surface area contributed by atoms with Crippen molar-refractivity contribution in [3.8, 4) is 0 Å². The Labute approximate surface area is 176 Å². The van der Waals surface area contributed by atoms with E-state index in [9.17, 15) is 14.0 Å². The van der Waals surface area contributed by atoms with Gasteiger partial charge in [0.05, 0.1) is 35.2 Å². The van der Waals surface area contributed by atoms with Gasteiger partial charge < -0.3 is 0 Å². The van der Waals surface area contributed by atoms with E-state index in [-0.39, 0.29) is 18.0 Å². The van der Waals surface area contributed by atoms with Crippen LogP contribution in [0.2, 0.25) is 0 Å². The van der Waals surface area contributed by atoms with Crippen molar-refractivity contribution in [2.45, 2.75) is 27.3 Å². The third-order valence-electron chi connectivity index (χ3n) is 4.98. The van der Waals surface area contributed by atoms with Crippen LogP contribution in [-0.4, -0.2) is 20.4 Å². The fourth-order valence-electron chi connectivity index (χ4n) is 3.28. The van der Waals surface area contributed by atoms with Gasteiger partial charge in [0.25, 0.3) is 5.56 Å². The predicted molar refractivity (Wildman–Crippen MR) is 116 cm³/mol. The molecule has 0 atom stereocenters. The summed E-state index contributed by atoms with van der Waals surface area (Å²) in [5, 5.41) is 2.70. The zero-order valence-electron chi connectivity index (χ0n) is 16.7. The van der Waals surface area contributed by atoms with Crippen LogP contribution in [0.1, 0.15) is 23.7 Å². The molecule has 30 heavy (non-hydrogen) atoms.